The van der Waals surface area contributed by atoms with E-state index in [2.05, 4.69) is 21.7 Å². The second kappa shape index (κ2) is 20.3. The van der Waals surface area contributed by atoms with Crippen molar-refractivity contribution in [3.8, 4) is 0 Å². The Morgan fingerprint density at radius 2 is 1.72 bits per heavy atom. The number of aldehydes is 1. The number of aliphatic hydroxyl groups is 1. The Morgan fingerprint density at radius 1 is 1.06 bits per heavy atom. The molecule has 286 valence electrons. The van der Waals surface area contributed by atoms with E-state index in [4.69, 9.17) is 21.7 Å². The summed E-state index contributed by atoms with van der Waals surface area (Å²) >= 11 is 0. The van der Waals surface area contributed by atoms with Crippen LogP contribution in [0.2, 0.25) is 0 Å². The number of carbonyl (C=O) groups excluding carboxylic acids is 1. The van der Waals surface area contributed by atoms with Gasteiger partial charge in [0.25, 0.3) is 0 Å². The van der Waals surface area contributed by atoms with Gasteiger partial charge in [-0.25, -0.2) is 0 Å². The summed E-state index contributed by atoms with van der Waals surface area (Å²) < 4.78 is 42.7. The first-order chi connectivity index (χ1) is 24.8. The Balaban J connectivity index is 0.00000756. The number of benzene rings is 2. The van der Waals surface area contributed by atoms with Gasteiger partial charge in [-0.05, 0) is 67.3 Å². The minimum absolute atomic E-state index is 0. The Bertz CT molecular complexity index is 1650. The maximum Gasteiger partial charge on any atom is 0.418 e. The van der Waals surface area contributed by atoms with E-state index in [-0.39, 0.29) is 68.6 Å². The molecular formula is C38H49F3N8O3W. The Kier molecular flexibility index (Phi) is 16.5. The van der Waals surface area contributed by atoms with E-state index in [0.29, 0.717) is 31.4 Å². The van der Waals surface area contributed by atoms with E-state index in [9.17, 15) is 23.2 Å². The number of nitrogens with one attached hydrogen (secondary N) is 3. The van der Waals surface area contributed by atoms with Gasteiger partial charge >= 0.3 is 6.18 Å². The number of carbonyl (C=O) groups is 1. The number of halogens is 3. The summed E-state index contributed by atoms with van der Waals surface area (Å²) in [7, 11) is 1.38. The standard InChI is InChI=1S/C38H49F3N8O3.W/c1-27(51)7-4-3-5-8-29(42)25-33(37(43)44)28-10-13-31(14-11-28)47-20-22-48(23-21-47)32-16-18-49(19-17-32)35-15-12-30(26-34(35)38(39,40)41)45-36(46(2)52)9-6-24-50;/h3-5,7,10-15,24-26,32,36,42,45,51-52H,1,6,8-9,16-23H2,2H3,(H3,43,44);/b5-3-,7-4-,33-25-,42-29?;. The fourth-order valence-corrected chi connectivity index (χ4v) is 6.56. The van der Waals surface area contributed by atoms with Crippen LogP contribution in [0.25, 0.3) is 5.57 Å². The molecular weight excluding hydrogens is 857 g/mol. The summed E-state index contributed by atoms with van der Waals surface area (Å²) in [5, 5.41) is 39.1. The summed E-state index contributed by atoms with van der Waals surface area (Å²) in [5.41, 5.74) is 8.01. The summed E-state index contributed by atoms with van der Waals surface area (Å²) in [4.78, 5) is 17.3. The van der Waals surface area contributed by atoms with Crippen molar-refractivity contribution < 1.29 is 49.3 Å². The van der Waals surface area contributed by atoms with Crippen LogP contribution in [0.5, 0.6) is 0 Å². The van der Waals surface area contributed by atoms with Gasteiger partial charge in [-0.2, -0.15) is 18.2 Å². The molecule has 1 atom stereocenters. The Morgan fingerprint density at radius 3 is 2.28 bits per heavy atom. The molecule has 15 heteroatoms. The average Bonchev–Trinajstić information content (AvgIpc) is 3.11. The second-order valence-electron chi connectivity index (χ2n) is 13.0. The molecule has 0 amide bonds. The molecule has 53 heavy (non-hydrogen) atoms. The number of piperidine rings is 1. The molecule has 2 aliphatic rings. The van der Waals surface area contributed by atoms with E-state index in [1.807, 2.05) is 24.3 Å². The molecule has 0 aromatic heterocycles. The van der Waals surface area contributed by atoms with E-state index >= 15 is 0 Å². The van der Waals surface area contributed by atoms with Gasteiger partial charge in [-0.1, -0.05) is 36.9 Å². The first-order valence-electron chi connectivity index (χ1n) is 17.3. The smallest absolute Gasteiger partial charge is 0.418 e. The van der Waals surface area contributed by atoms with Crippen molar-refractivity contribution in [1.29, 1.82) is 10.8 Å². The summed E-state index contributed by atoms with van der Waals surface area (Å²) in [6.07, 6.45) is 5.76. The number of hydrogen-bond donors (Lipinski definition) is 6. The van der Waals surface area contributed by atoms with Crippen molar-refractivity contribution in [2.24, 2.45) is 5.73 Å². The second-order valence-corrected chi connectivity index (χ2v) is 13.0. The van der Waals surface area contributed by atoms with Crippen LogP contribution in [-0.2, 0) is 32.0 Å². The van der Waals surface area contributed by atoms with Gasteiger partial charge in [0.05, 0.1) is 5.56 Å². The van der Waals surface area contributed by atoms with Crippen LogP contribution in [-0.4, -0.2) is 96.6 Å². The monoisotopic (exact) mass is 906 g/mol. The van der Waals surface area contributed by atoms with Gasteiger partial charge in [0, 0.05) is 115 Å². The molecule has 1 unspecified atom stereocenters. The van der Waals surface area contributed by atoms with Crippen molar-refractivity contribution in [3.63, 3.8) is 0 Å². The number of hydrogen-bond acceptors (Lipinski definition) is 10. The number of allylic oxidation sites excluding steroid dienone is 5. The quantitative estimate of drug-likeness (QED) is 0.0212. The molecule has 4 rings (SSSR count). The molecule has 0 aliphatic carbocycles. The topological polar surface area (TPSA) is 156 Å². The van der Waals surface area contributed by atoms with E-state index < -0.39 is 17.9 Å². The van der Waals surface area contributed by atoms with Crippen LogP contribution in [0.4, 0.5) is 30.2 Å². The zero-order chi connectivity index (χ0) is 37.8. The third-order valence-electron chi connectivity index (χ3n) is 9.31. The largest absolute Gasteiger partial charge is 0.509 e. The van der Waals surface area contributed by atoms with Crippen LogP contribution in [0.3, 0.4) is 0 Å². The fourth-order valence-electron chi connectivity index (χ4n) is 6.56. The Labute approximate surface area is 323 Å². The predicted octanol–water partition coefficient (Wildman–Crippen LogP) is 6.45. The van der Waals surface area contributed by atoms with Gasteiger partial charge in [-0.15, -0.1) is 0 Å². The van der Waals surface area contributed by atoms with E-state index in [0.717, 1.165) is 61.4 Å². The number of nitrogens with zero attached hydrogens (tertiary/aromatic N) is 4. The first-order valence-corrected chi connectivity index (χ1v) is 17.3. The minimum atomic E-state index is -4.57. The summed E-state index contributed by atoms with van der Waals surface area (Å²) in [6, 6.07) is 12.2. The predicted molar refractivity (Wildman–Crippen MR) is 201 cm³/mol. The molecule has 0 radical (unpaired) electrons. The normalized spacial score (nSPS) is 16.9. The molecule has 2 fully saturated rings. The number of piperazine rings is 1. The molecule has 0 bridgehead atoms. The van der Waals surface area contributed by atoms with Crippen molar-refractivity contribution in [2.45, 2.75) is 50.5 Å². The van der Waals surface area contributed by atoms with Gasteiger partial charge < -0.3 is 41.4 Å². The van der Waals surface area contributed by atoms with Crippen LogP contribution < -0.4 is 20.9 Å². The van der Waals surface area contributed by atoms with E-state index in [1.165, 1.54) is 19.2 Å². The minimum Gasteiger partial charge on any atom is -0.509 e. The average molecular weight is 907 g/mol. The molecule has 2 aliphatic heterocycles. The van der Waals surface area contributed by atoms with Gasteiger partial charge in [0.15, 0.2) is 0 Å². The third kappa shape index (κ3) is 12.7. The SMILES string of the molecule is C=C(O)/C=C\C=C/CC(=N)/C=C(\C(=N)N)c1ccc(N2CCN(C3CCN(c4ccc(NC(CCC=O)N(C)O)cc4C(F)(F)F)CC3)CC2)cc1.[W]. The van der Waals surface area contributed by atoms with Gasteiger partial charge in [0.2, 0.25) is 0 Å². The number of hydroxylamine groups is 2. The summed E-state index contributed by atoms with van der Waals surface area (Å²) in [5.74, 6) is -0.188. The zero-order valence-corrected chi connectivity index (χ0v) is 32.8. The molecule has 0 saturated carbocycles. The van der Waals surface area contributed by atoms with Gasteiger partial charge in [-0.3, -0.25) is 10.3 Å². The van der Waals surface area contributed by atoms with E-state index in [1.54, 1.807) is 35.3 Å². The van der Waals surface area contributed by atoms with Crippen molar-refractivity contribution >= 4 is 40.5 Å². The maximum absolute atomic E-state index is 14.2. The molecule has 0 spiro atoms. The zero-order valence-electron chi connectivity index (χ0n) is 29.9. The molecule has 2 heterocycles. The van der Waals surface area contributed by atoms with Crippen LogP contribution in [0.1, 0.15) is 43.2 Å². The number of nitrogens with two attached hydrogens (primary N) is 1. The van der Waals surface area contributed by atoms with Crippen molar-refractivity contribution in [1.82, 2.24) is 9.96 Å². The number of rotatable bonds is 16. The van der Waals surface area contributed by atoms with Crippen LogP contribution >= 0.6 is 0 Å². The fraction of sp³-hybridized carbons (Fsp3) is 0.395. The van der Waals surface area contributed by atoms with Gasteiger partial charge in [0.1, 0.15) is 24.0 Å². The first kappa shape index (κ1) is 43.2. The van der Waals surface area contributed by atoms with Crippen molar-refractivity contribution in [3.05, 3.63) is 96.3 Å². The number of anilines is 3. The summed E-state index contributed by atoms with van der Waals surface area (Å²) in [6.45, 7) is 7.63. The van der Waals surface area contributed by atoms with Crippen LogP contribution in [0, 0.1) is 10.8 Å². The van der Waals surface area contributed by atoms with Crippen LogP contribution in [0.15, 0.2) is 85.2 Å². The molecule has 2 aromatic carbocycles. The number of alkyl halides is 3. The maximum atomic E-state index is 14.2. The molecule has 11 nitrogen and oxygen atoms in total. The Hall–Kier alpha value is -4.23. The number of amidine groups is 1. The molecule has 2 saturated heterocycles. The molecule has 7 N–H and O–H groups in total. The molecule has 2 aromatic rings. The third-order valence-corrected chi connectivity index (χ3v) is 9.31. The number of aliphatic hydroxyl groups excluding tert-OH is 1. The van der Waals surface area contributed by atoms with Crippen molar-refractivity contribution in [2.75, 3.05) is 61.4 Å².